The van der Waals surface area contributed by atoms with Gasteiger partial charge in [0, 0.05) is 19.6 Å². The van der Waals surface area contributed by atoms with Gasteiger partial charge < -0.3 is 10.6 Å². The van der Waals surface area contributed by atoms with E-state index in [9.17, 15) is 0 Å². The molecule has 2 aromatic heterocycles. The lowest BCUT2D eigenvalue weighted by Crippen LogP contribution is -2.24. The van der Waals surface area contributed by atoms with Gasteiger partial charge in [0.05, 0.1) is 5.69 Å². The maximum atomic E-state index is 6.10. The zero-order valence-corrected chi connectivity index (χ0v) is 12.5. The van der Waals surface area contributed by atoms with Gasteiger partial charge >= 0.3 is 0 Å². The fourth-order valence-corrected chi connectivity index (χ4v) is 2.67. The Labute approximate surface area is 114 Å². The summed E-state index contributed by atoms with van der Waals surface area (Å²) in [4.78, 5) is 6.67. The second-order valence-electron chi connectivity index (χ2n) is 5.44. The van der Waals surface area contributed by atoms with Crippen molar-refractivity contribution in [1.82, 2.24) is 24.2 Å². The first kappa shape index (κ1) is 13.9. The minimum Gasteiger partial charge on any atom is -0.369 e. The molecular formula is C13H24N6. The van der Waals surface area contributed by atoms with Crippen molar-refractivity contribution in [1.29, 1.82) is 0 Å². The van der Waals surface area contributed by atoms with Crippen molar-refractivity contribution in [2.45, 2.75) is 32.7 Å². The van der Waals surface area contributed by atoms with Crippen molar-refractivity contribution in [3.8, 4) is 0 Å². The van der Waals surface area contributed by atoms with Crippen LogP contribution in [-0.4, -0.2) is 44.9 Å². The number of aryl methyl sites for hydroxylation is 2. The molecule has 19 heavy (non-hydrogen) atoms. The standard InChI is InChI=1S/C13H24N6/c1-6-7-10-11-12(18(5)16-10)19(13(14)15-11)9(2)8-17(3)4/h9H,6-8H2,1-5H3,(H2,14,15). The van der Waals surface area contributed by atoms with Crippen LogP contribution in [0.25, 0.3) is 11.2 Å². The highest BCUT2D eigenvalue weighted by Gasteiger charge is 2.20. The van der Waals surface area contributed by atoms with E-state index in [1.54, 1.807) is 0 Å². The van der Waals surface area contributed by atoms with E-state index >= 15 is 0 Å². The minimum atomic E-state index is 0.268. The lowest BCUT2D eigenvalue weighted by atomic mass is 10.2. The number of hydrogen-bond donors (Lipinski definition) is 1. The number of rotatable bonds is 5. The number of hydrogen-bond acceptors (Lipinski definition) is 4. The van der Waals surface area contributed by atoms with Gasteiger partial charge in [-0.15, -0.1) is 0 Å². The number of nitrogens with two attached hydrogens (primary N) is 1. The van der Waals surface area contributed by atoms with E-state index < -0.39 is 0 Å². The highest BCUT2D eigenvalue weighted by molar-refractivity contribution is 5.78. The lowest BCUT2D eigenvalue weighted by molar-refractivity contribution is 0.341. The van der Waals surface area contributed by atoms with Crippen molar-refractivity contribution in [3.63, 3.8) is 0 Å². The molecule has 0 aliphatic rings. The molecule has 0 spiro atoms. The average molecular weight is 264 g/mol. The summed E-state index contributed by atoms with van der Waals surface area (Å²) >= 11 is 0. The molecule has 2 rings (SSSR count). The third kappa shape index (κ3) is 2.45. The number of likely N-dealkylation sites (N-methyl/N-ethyl adjacent to an activating group) is 1. The van der Waals surface area contributed by atoms with Gasteiger partial charge in [-0.3, -0.25) is 9.25 Å². The van der Waals surface area contributed by atoms with Crippen LogP contribution in [0.2, 0.25) is 0 Å². The maximum absolute atomic E-state index is 6.10. The fraction of sp³-hybridized carbons (Fsp3) is 0.692. The number of nitrogen functional groups attached to an aromatic ring is 1. The van der Waals surface area contributed by atoms with Crippen molar-refractivity contribution in [2.75, 3.05) is 26.4 Å². The molecule has 0 saturated heterocycles. The number of imidazole rings is 1. The molecular weight excluding hydrogens is 240 g/mol. The Hall–Kier alpha value is -1.56. The Morgan fingerprint density at radius 2 is 2.05 bits per heavy atom. The van der Waals surface area contributed by atoms with Gasteiger partial charge in [0.15, 0.2) is 5.65 Å². The van der Waals surface area contributed by atoms with Gasteiger partial charge in [0.1, 0.15) is 5.52 Å². The first-order chi connectivity index (χ1) is 8.95. The van der Waals surface area contributed by atoms with Gasteiger partial charge in [0.2, 0.25) is 5.95 Å². The molecule has 1 unspecified atom stereocenters. The van der Waals surface area contributed by atoms with E-state index in [4.69, 9.17) is 5.73 Å². The Morgan fingerprint density at radius 1 is 1.37 bits per heavy atom. The molecule has 106 valence electrons. The van der Waals surface area contributed by atoms with Gasteiger partial charge in [-0.25, -0.2) is 4.98 Å². The van der Waals surface area contributed by atoms with Crippen LogP contribution in [0.1, 0.15) is 32.0 Å². The molecule has 2 N–H and O–H groups in total. The van der Waals surface area contributed by atoms with Gasteiger partial charge in [-0.05, 0) is 27.4 Å². The first-order valence-corrected chi connectivity index (χ1v) is 6.79. The normalized spacial score (nSPS) is 13.6. The Morgan fingerprint density at radius 3 is 2.63 bits per heavy atom. The van der Waals surface area contributed by atoms with Crippen LogP contribution in [-0.2, 0) is 13.5 Å². The third-order valence-electron chi connectivity index (χ3n) is 3.32. The molecule has 6 heteroatoms. The highest BCUT2D eigenvalue weighted by atomic mass is 15.4. The summed E-state index contributed by atoms with van der Waals surface area (Å²) in [6.07, 6.45) is 2.00. The SMILES string of the molecule is CCCc1nn(C)c2c1nc(N)n2C(C)CN(C)C. The Balaban J connectivity index is 2.52. The summed E-state index contributed by atoms with van der Waals surface area (Å²) in [6.45, 7) is 5.23. The molecule has 0 saturated carbocycles. The largest absolute Gasteiger partial charge is 0.369 e. The molecule has 0 aromatic carbocycles. The summed E-state index contributed by atoms with van der Waals surface area (Å²) in [5, 5.41) is 4.57. The monoisotopic (exact) mass is 264 g/mol. The quantitative estimate of drug-likeness (QED) is 0.887. The predicted octanol–water partition coefficient (Wildman–Crippen LogP) is 1.43. The van der Waals surface area contributed by atoms with Crippen LogP contribution in [0.3, 0.4) is 0 Å². The summed E-state index contributed by atoms with van der Waals surface area (Å²) in [5.41, 5.74) is 9.12. The number of anilines is 1. The maximum Gasteiger partial charge on any atom is 0.202 e. The van der Waals surface area contributed by atoms with Crippen LogP contribution in [0.4, 0.5) is 5.95 Å². The van der Waals surface area contributed by atoms with E-state index in [0.29, 0.717) is 5.95 Å². The molecule has 0 fully saturated rings. The Kier molecular flexibility index (Phi) is 3.80. The average Bonchev–Trinajstić information content (AvgIpc) is 2.77. The molecule has 0 bridgehead atoms. The van der Waals surface area contributed by atoms with E-state index in [1.165, 1.54) is 0 Å². The van der Waals surface area contributed by atoms with Crippen LogP contribution in [0.5, 0.6) is 0 Å². The Bertz CT molecular complexity index is 565. The van der Waals surface area contributed by atoms with E-state index in [-0.39, 0.29) is 6.04 Å². The molecule has 0 aliphatic heterocycles. The number of aromatic nitrogens is 4. The van der Waals surface area contributed by atoms with Gasteiger partial charge in [-0.2, -0.15) is 5.10 Å². The fourth-order valence-electron chi connectivity index (χ4n) is 2.67. The zero-order chi connectivity index (χ0) is 14.2. The topological polar surface area (TPSA) is 64.9 Å². The molecule has 2 heterocycles. The summed E-state index contributed by atoms with van der Waals surface area (Å²) in [5.74, 6) is 0.578. The molecule has 0 aliphatic carbocycles. The molecule has 2 aromatic rings. The van der Waals surface area contributed by atoms with Crippen LogP contribution >= 0.6 is 0 Å². The number of nitrogens with zero attached hydrogens (tertiary/aromatic N) is 5. The molecule has 0 amide bonds. The first-order valence-electron chi connectivity index (χ1n) is 6.79. The van der Waals surface area contributed by atoms with Gasteiger partial charge in [-0.1, -0.05) is 13.3 Å². The van der Waals surface area contributed by atoms with Crippen LogP contribution < -0.4 is 5.73 Å². The minimum absolute atomic E-state index is 0.268. The highest BCUT2D eigenvalue weighted by Crippen LogP contribution is 2.25. The van der Waals surface area contributed by atoms with Crippen molar-refractivity contribution < 1.29 is 0 Å². The third-order valence-corrected chi connectivity index (χ3v) is 3.32. The summed E-state index contributed by atoms with van der Waals surface area (Å²) in [7, 11) is 6.08. The van der Waals surface area contributed by atoms with Crippen LogP contribution in [0, 0.1) is 0 Å². The predicted molar refractivity (Wildman–Crippen MR) is 78.2 cm³/mol. The van der Waals surface area contributed by atoms with Crippen LogP contribution in [0.15, 0.2) is 0 Å². The lowest BCUT2D eigenvalue weighted by Gasteiger charge is -2.19. The summed E-state index contributed by atoms with van der Waals surface area (Å²) < 4.78 is 3.98. The number of fused-ring (bicyclic) bond motifs is 1. The zero-order valence-electron chi connectivity index (χ0n) is 12.5. The van der Waals surface area contributed by atoms with Crippen molar-refractivity contribution in [3.05, 3.63) is 5.69 Å². The van der Waals surface area contributed by atoms with E-state index in [1.807, 2.05) is 11.7 Å². The molecule has 6 nitrogen and oxygen atoms in total. The summed E-state index contributed by atoms with van der Waals surface area (Å²) in [6, 6.07) is 0.268. The van der Waals surface area contributed by atoms with Gasteiger partial charge in [0.25, 0.3) is 0 Å². The second-order valence-corrected chi connectivity index (χ2v) is 5.44. The second kappa shape index (κ2) is 5.21. The van der Waals surface area contributed by atoms with E-state index in [0.717, 1.165) is 36.2 Å². The molecule has 1 atom stereocenters. The van der Waals surface area contributed by atoms with Crippen molar-refractivity contribution >= 4 is 17.1 Å². The smallest absolute Gasteiger partial charge is 0.202 e. The van der Waals surface area contributed by atoms with Crippen molar-refractivity contribution in [2.24, 2.45) is 7.05 Å². The molecule has 0 radical (unpaired) electrons. The van der Waals surface area contributed by atoms with E-state index in [2.05, 4.69) is 47.5 Å².